The van der Waals surface area contributed by atoms with Crippen LogP contribution in [0.15, 0.2) is 59.8 Å². The Kier molecular flexibility index (Phi) is 5.32. The standard InChI is InChI=1S/C20H20FNO4S/c1-20(2)14-19(22-26-20)27(23,24)12-6-7-15-10-11-17(21)18(13-15)25-16-8-4-3-5-9-16/h3-11,13H,12,14H2,1-2H3/b7-6+. The van der Waals surface area contributed by atoms with Gasteiger partial charge in [-0.25, -0.2) is 12.8 Å². The molecule has 0 aromatic heterocycles. The van der Waals surface area contributed by atoms with Crippen molar-refractivity contribution in [3.8, 4) is 11.5 Å². The van der Waals surface area contributed by atoms with Crippen LogP contribution in [-0.2, 0) is 14.7 Å². The largest absolute Gasteiger partial charge is 0.454 e. The van der Waals surface area contributed by atoms with Crippen molar-refractivity contribution in [1.29, 1.82) is 0 Å². The summed E-state index contributed by atoms with van der Waals surface area (Å²) < 4.78 is 44.2. The Labute approximate surface area is 158 Å². The summed E-state index contributed by atoms with van der Waals surface area (Å²) >= 11 is 0. The second-order valence-electron chi connectivity index (χ2n) is 6.80. The molecule has 27 heavy (non-hydrogen) atoms. The van der Waals surface area contributed by atoms with Crippen LogP contribution in [0.1, 0.15) is 25.8 Å². The zero-order chi connectivity index (χ0) is 19.5. The third-order valence-electron chi connectivity index (χ3n) is 3.88. The highest BCUT2D eigenvalue weighted by molar-refractivity contribution is 8.06. The Balaban J connectivity index is 1.70. The first-order chi connectivity index (χ1) is 12.8. The molecule has 0 radical (unpaired) electrons. The van der Waals surface area contributed by atoms with Gasteiger partial charge in [-0.15, -0.1) is 0 Å². The van der Waals surface area contributed by atoms with E-state index in [0.29, 0.717) is 11.3 Å². The van der Waals surface area contributed by atoms with Crippen molar-refractivity contribution in [3.05, 3.63) is 66.0 Å². The van der Waals surface area contributed by atoms with Crippen molar-refractivity contribution in [2.24, 2.45) is 5.16 Å². The van der Waals surface area contributed by atoms with Gasteiger partial charge in [0.05, 0.1) is 5.75 Å². The summed E-state index contributed by atoms with van der Waals surface area (Å²) in [6.45, 7) is 3.56. The van der Waals surface area contributed by atoms with E-state index >= 15 is 0 Å². The number of nitrogens with zero attached hydrogens (tertiary/aromatic N) is 1. The van der Waals surface area contributed by atoms with E-state index in [-0.39, 0.29) is 23.0 Å². The van der Waals surface area contributed by atoms with Crippen molar-refractivity contribution >= 4 is 21.0 Å². The molecular formula is C20H20FNO4S. The molecule has 7 heteroatoms. The van der Waals surface area contributed by atoms with Crippen LogP contribution in [-0.4, -0.2) is 24.8 Å². The fourth-order valence-electron chi connectivity index (χ4n) is 2.49. The predicted molar refractivity (Wildman–Crippen MR) is 103 cm³/mol. The Morgan fingerprint density at radius 2 is 1.96 bits per heavy atom. The van der Waals surface area contributed by atoms with E-state index in [9.17, 15) is 12.8 Å². The lowest BCUT2D eigenvalue weighted by Gasteiger charge is -2.12. The van der Waals surface area contributed by atoms with Crippen LogP contribution in [0.2, 0.25) is 0 Å². The minimum absolute atomic E-state index is 0.0457. The lowest BCUT2D eigenvalue weighted by molar-refractivity contribution is 0.0123. The first kappa shape index (κ1) is 19.1. The Morgan fingerprint density at radius 1 is 1.22 bits per heavy atom. The zero-order valence-electron chi connectivity index (χ0n) is 15.1. The van der Waals surface area contributed by atoms with Crippen molar-refractivity contribution < 1.29 is 22.4 Å². The van der Waals surface area contributed by atoms with E-state index in [0.717, 1.165) is 0 Å². The summed E-state index contributed by atoms with van der Waals surface area (Å²) in [7, 11) is -3.54. The molecule has 0 amide bonds. The smallest absolute Gasteiger partial charge is 0.198 e. The molecule has 0 aliphatic carbocycles. The van der Waals surface area contributed by atoms with Crippen molar-refractivity contribution in [1.82, 2.24) is 0 Å². The van der Waals surface area contributed by atoms with Gasteiger partial charge < -0.3 is 9.57 Å². The van der Waals surface area contributed by atoms with Gasteiger partial charge in [-0.2, -0.15) is 0 Å². The summed E-state index contributed by atoms with van der Waals surface area (Å²) in [6, 6.07) is 13.2. The molecule has 0 spiro atoms. The number of para-hydroxylation sites is 1. The molecule has 0 N–H and O–H groups in total. The summed E-state index contributed by atoms with van der Waals surface area (Å²) in [4.78, 5) is 5.12. The minimum atomic E-state index is -3.54. The van der Waals surface area contributed by atoms with E-state index in [1.165, 1.54) is 18.2 Å². The zero-order valence-corrected chi connectivity index (χ0v) is 15.9. The highest BCUT2D eigenvalue weighted by atomic mass is 32.2. The van der Waals surface area contributed by atoms with Gasteiger partial charge in [0, 0.05) is 6.42 Å². The van der Waals surface area contributed by atoms with E-state index in [1.807, 2.05) is 6.07 Å². The first-order valence-electron chi connectivity index (χ1n) is 8.42. The van der Waals surface area contributed by atoms with Gasteiger partial charge in [0.15, 0.2) is 26.4 Å². The molecule has 0 saturated carbocycles. The van der Waals surface area contributed by atoms with Crippen LogP contribution in [0.4, 0.5) is 4.39 Å². The summed E-state index contributed by atoms with van der Waals surface area (Å²) in [5, 5.41) is 3.73. The summed E-state index contributed by atoms with van der Waals surface area (Å²) in [6.07, 6.45) is 3.36. The van der Waals surface area contributed by atoms with Gasteiger partial charge in [-0.3, -0.25) is 0 Å². The number of rotatable bonds is 5. The predicted octanol–water partition coefficient (Wildman–Crippen LogP) is 4.56. The maximum absolute atomic E-state index is 14.0. The SMILES string of the molecule is CC1(C)CC(S(=O)(=O)C/C=C/c2ccc(F)c(Oc3ccccc3)c2)=NO1. The minimum Gasteiger partial charge on any atom is -0.454 e. The molecule has 2 aromatic carbocycles. The highest BCUT2D eigenvalue weighted by Crippen LogP contribution is 2.27. The molecule has 0 fully saturated rings. The maximum Gasteiger partial charge on any atom is 0.198 e. The third-order valence-corrected chi connectivity index (χ3v) is 5.45. The van der Waals surface area contributed by atoms with Crippen LogP contribution < -0.4 is 4.74 Å². The summed E-state index contributed by atoms with van der Waals surface area (Å²) in [5.74, 6) is -0.121. The molecule has 1 aliphatic rings. The maximum atomic E-state index is 14.0. The third kappa shape index (κ3) is 4.95. The quantitative estimate of drug-likeness (QED) is 0.752. The number of hydrogen-bond donors (Lipinski definition) is 0. The average Bonchev–Trinajstić information content (AvgIpc) is 2.99. The van der Waals surface area contributed by atoms with Gasteiger partial charge in [0.25, 0.3) is 0 Å². The van der Waals surface area contributed by atoms with E-state index < -0.39 is 21.3 Å². The number of sulfone groups is 1. The molecule has 1 heterocycles. The summed E-state index contributed by atoms with van der Waals surface area (Å²) in [5.41, 5.74) is 0.0229. The van der Waals surface area contributed by atoms with Crippen molar-refractivity contribution in [2.75, 3.05) is 5.75 Å². The number of halogens is 1. The van der Waals surface area contributed by atoms with Gasteiger partial charge in [-0.05, 0) is 43.7 Å². The first-order valence-corrected chi connectivity index (χ1v) is 10.1. The van der Waals surface area contributed by atoms with Crippen LogP contribution >= 0.6 is 0 Å². The van der Waals surface area contributed by atoms with Gasteiger partial charge in [-0.1, -0.05) is 41.6 Å². The van der Waals surface area contributed by atoms with Crippen molar-refractivity contribution in [3.63, 3.8) is 0 Å². The number of ether oxygens (including phenoxy) is 1. The molecule has 3 rings (SSSR count). The lowest BCUT2D eigenvalue weighted by atomic mass is 10.1. The average molecular weight is 389 g/mol. The molecule has 1 aliphatic heterocycles. The number of hydrogen-bond acceptors (Lipinski definition) is 5. The molecule has 0 bridgehead atoms. The normalized spacial score (nSPS) is 16.2. The van der Waals surface area contributed by atoms with Gasteiger partial charge in [0.1, 0.15) is 11.4 Å². The molecule has 142 valence electrons. The van der Waals surface area contributed by atoms with E-state index in [2.05, 4.69) is 5.16 Å². The topological polar surface area (TPSA) is 65.0 Å². The molecule has 0 saturated heterocycles. The Morgan fingerprint density at radius 3 is 2.63 bits per heavy atom. The highest BCUT2D eigenvalue weighted by Gasteiger charge is 2.35. The van der Waals surface area contributed by atoms with Crippen LogP contribution in [0.25, 0.3) is 6.08 Å². The Hall–Kier alpha value is -2.67. The molecular weight excluding hydrogens is 369 g/mol. The second kappa shape index (κ2) is 7.52. The van der Waals surface area contributed by atoms with Crippen LogP contribution in [0.3, 0.4) is 0 Å². The van der Waals surface area contributed by atoms with Gasteiger partial charge >= 0.3 is 0 Å². The molecule has 2 aromatic rings. The molecule has 0 unspecified atom stereocenters. The second-order valence-corrected chi connectivity index (χ2v) is 8.84. The fourth-order valence-corrected chi connectivity index (χ4v) is 3.75. The van der Waals surface area contributed by atoms with Gasteiger partial charge in [0.2, 0.25) is 0 Å². The molecule has 5 nitrogen and oxygen atoms in total. The monoisotopic (exact) mass is 389 g/mol. The fraction of sp³-hybridized carbons (Fsp3) is 0.250. The number of benzene rings is 2. The number of oxime groups is 1. The Bertz CT molecular complexity index is 982. The lowest BCUT2D eigenvalue weighted by Crippen LogP contribution is -2.23. The van der Waals surface area contributed by atoms with Crippen LogP contribution in [0.5, 0.6) is 11.5 Å². The van der Waals surface area contributed by atoms with E-state index in [4.69, 9.17) is 9.57 Å². The van der Waals surface area contributed by atoms with Crippen LogP contribution in [0, 0.1) is 5.82 Å². The van der Waals surface area contributed by atoms with Crippen molar-refractivity contribution in [2.45, 2.75) is 25.9 Å². The van der Waals surface area contributed by atoms with E-state index in [1.54, 1.807) is 50.3 Å². The molecule has 0 atom stereocenters.